The third kappa shape index (κ3) is 4.46. The number of nitrogens with zero attached hydrogens (tertiary/aromatic N) is 2. The summed E-state index contributed by atoms with van der Waals surface area (Å²) in [7, 11) is 0. The minimum atomic E-state index is -4.49. The lowest BCUT2D eigenvalue weighted by Crippen LogP contribution is -2.45. The Balaban J connectivity index is 1.64. The maximum absolute atomic E-state index is 13.2. The number of rotatable bonds is 6. The molecule has 0 fully saturated rings. The number of ether oxygens (including phenoxy) is 1. The minimum Gasteiger partial charge on any atom is -0.481 e. The van der Waals surface area contributed by atoms with Crippen molar-refractivity contribution >= 4 is 11.9 Å². The van der Waals surface area contributed by atoms with Crippen molar-refractivity contribution in [3.05, 3.63) is 89.1 Å². The van der Waals surface area contributed by atoms with E-state index in [-0.39, 0.29) is 11.8 Å². The number of carboxylic acid groups (broad SMARTS) is 1. The van der Waals surface area contributed by atoms with Gasteiger partial charge in [-0.2, -0.15) is 13.2 Å². The summed E-state index contributed by atoms with van der Waals surface area (Å²) in [4.78, 5) is 30.8. The molecule has 0 aliphatic carbocycles. The highest BCUT2D eigenvalue weighted by Crippen LogP contribution is 2.43. The van der Waals surface area contributed by atoms with Crippen LogP contribution < -0.4 is 4.74 Å². The zero-order valence-corrected chi connectivity index (χ0v) is 18.1. The van der Waals surface area contributed by atoms with Gasteiger partial charge in [-0.15, -0.1) is 0 Å². The minimum absolute atomic E-state index is 0.0152. The first-order chi connectivity index (χ1) is 16.2. The van der Waals surface area contributed by atoms with Crippen molar-refractivity contribution in [2.75, 3.05) is 6.54 Å². The number of aromatic nitrogens is 1. The number of carboxylic acids is 1. The number of carbonyl (C=O) groups is 2. The highest BCUT2D eigenvalue weighted by atomic mass is 19.4. The number of alkyl halides is 3. The normalized spacial score (nSPS) is 17.9. The highest BCUT2D eigenvalue weighted by molar-refractivity contribution is 6.00. The van der Waals surface area contributed by atoms with E-state index in [4.69, 9.17) is 4.74 Å². The molecular formula is C25H21F3N2O4. The molecule has 1 aliphatic heterocycles. The van der Waals surface area contributed by atoms with Gasteiger partial charge >= 0.3 is 12.1 Å². The third-order valence-electron chi connectivity index (χ3n) is 5.68. The average Bonchev–Trinajstić information content (AvgIpc) is 2.81. The molecule has 0 saturated heterocycles. The lowest BCUT2D eigenvalue weighted by Gasteiger charge is -2.40. The van der Waals surface area contributed by atoms with Crippen molar-refractivity contribution in [1.29, 1.82) is 0 Å². The van der Waals surface area contributed by atoms with Crippen LogP contribution in [-0.4, -0.2) is 33.4 Å². The van der Waals surface area contributed by atoms with E-state index in [1.54, 1.807) is 53.4 Å². The van der Waals surface area contributed by atoms with Crippen molar-refractivity contribution in [2.24, 2.45) is 0 Å². The van der Waals surface area contributed by atoms with E-state index in [1.807, 2.05) is 6.92 Å². The van der Waals surface area contributed by atoms with Crippen molar-refractivity contribution in [3.8, 4) is 11.6 Å². The van der Waals surface area contributed by atoms with E-state index in [2.05, 4.69) is 4.98 Å². The van der Waals surface area contributed by atoms with Gasteiger partial charge in [-0.25, -0.2) is 4.98 Å². The van der Waals surface area contributed by atoms with Crippen LogP contribution in [0.3, 0.4) is 0 Å². The summed E-state index contributed by atoms with van der Waals surface area (Å²) in [5, 5.41) is 10.1. The van der Waals surface area contributed by atoms with E-state index in [1.165, 1.54) is 0 Å². The molecule has 0 saturated carbocycles. The Morgan fingerprint density at radius 3 is 2.38 bits per heavy atom. The van der Waals surface area contributed by atoms with Crippen LogP contribution in [0.15, 0.2) is 66.9 Å². The Kier molecular flexibility index (Phi) is 6.28. The molecule has 176 valence electrons. The zero-order chi connectivity index (χ0) is 24.5. The Morgan fingerprint density at radius 1 is 1.09 bits per heavy atom. The number of fused-ring (bicyclic) bond motifs is 1. The Morgan fingerprint density at radius 2 is 1.79 bits per heavy atom. The molecule has 3 aromatic rings. The molecule has 1 amide bonds. The van der Waals surface area contributed by atoms with E-state index in [0.29, 0.717) is 41.6 Å². The maximum atomic E-state index is 13.2. The predicted molar refractivity (Wildman–Crippen MR) is 117 cm³/mol. The van der Waals surface area contributed by atoms with Gasteiger partial charge in [-0.05, 0) is 41.8 Å². The van der Waals surface area contributed by atoms with Crippen LogP contribution in [-0.2, 0) is 11.0 Å². The Labute approximate surface area is 193 Å². The summed E-state index contributed by atoms with van der Waals surface area (Å²) >= 11 is 0. The van der Waals surface area contributed by atoms with Gasteiger partial charge in [0.15, 0.2) is 0 Å². The van der Waals surface area contributed by atoms with E-state index < -0.39 is 29.7 Å². The van der Waals surface area contributed by atoms with Gasteiger partial charge in [-0.1, -0.05) is 37.3 Å². The van der Waals surface area contributed by atoms with E-state index in [0.717, 1.165) is 12.1 Å². The van der Waals surface area contributed by atoms with Gasteiger partial charge < -0.3 is 14.7 Å². The number of amides is 1. The summed E-state index contributed by atoms with van der Waals surface area (Å²) < 4.78 is 43.7. The SMILES string of the molecule is CCCN1C(=O)c2ccccc2[C@@H](C(=O)O)[C@@H]1c1ccc(Oc2ccc(C(F)(F)F)cn2)cc1. The van der Waals surface area contributed by atoms with Crippen LogP contribution in [0.5, 0.6) is 11.6 Å². The number of aliphatic carboxylic acids is 1. The fourth-order valence-electron chi connectivity index (χ4n) is 4.18. The Hall–Kier alpha value is -3.88. The van der Waals surface area contributed by atoms with Gasteiger partial charge in [0.25, 0.3) is 5.91 Å². The second kappa shape index (κ2) is 9.17. The van der Waals surface area contributed by atoms with Crippen LogP contribution in [0.4, 0.5) is 13.2 Å². The molecule has 2 aromatic carbocycles. The number of hydrogen-bond acceptors (Lipinski definition) is 4. The van der Waals surface area contributed by atoms with E-state index >= 15 is 0 Å². The molecule has 2 atom stereocenters. The monoisotopic (exact) mass is 470 g/mol. The number of carbonyl (C=O) groups excluding carboxylic acids is 1. The maximum Gasteiger partial charge on any atom is 0.417 e. The number of hydrogen-bond donors (Lipinski definition) is 1. The van der Waals surface area contributed by atoms with Crippen LogP contribution >= 0.6 is 0 Å². The fourth-order valence-corrected chi connectivity index (χ4v) is 4.18. The first-order valence-electron chi connectivity index (χ1n) is 10.6. The fraction of sp³-hybridized carbons (Fsp3) is 0.240. The summed E-state index contributed by atoms with van der Waals surface area (Å²) in [5.74, 6) is -1.93. The molecule has 1 aromatic heterocycles. The summed E-state index contributed by atoms with van der Waals surface area (Å²) in [6, 6.07) is 14.5. The topological polar surface area (TPSA) is 79.7 Å². The molecule has 0 spiro atoms. The highest BCUT2D eigenvalue weighted by Gasteiger charge is 2.43. The summed E-state index contributed by atoms with van der Waals surface area (Å²) in [5.41, 5.74) is 0.573. The molecule has 1 aliphatic rings. The second-order valence-corrected chi connectivity index (χ2v) is 7.90. The van der Waals surface area contributed by atoms with Gasteiger partial charge in [0, 0.05) is 24.4 Å². The molecule has 9 heteroatoms. The van der Waals surface area contributed by atoms with Gasteiger partial charge in [-0.3, -0.25) is 9.59 Å². The van der Waals surface area contributed by atoms with Crippen molar-refractivity contribution in [2.45, 2.75) is 31.5 Å². The van der Waals surface area contributed by atoms with Crippen molar-refractivity contribution in [1.82, 2.24) is 9.88 Å². The molecule has 2 heterocycles. The molecule has 6 nitrogen and oxygen atoms in total. The summed E-state index contributed by atoms with van der Waals surface area (Å²) in [6.07, 6.45) is -3.15. The quantitative estimate of drug-likeness (QED) is 0.502. The molecule has 0 bridgehead atoms. The average molecular weight is 470 g/mol. The van der Waals surface area contributed by atoms with Crippen LogP contribution in [0.2, 0.25) is 0 Å². The van der Waals surface area contributed by atoms with Gasteiger partial charge in [0.05, 0.1) is 11.6 Å². The molecule has 0 radical (unpaired) electrons. The van der Waals surface area contributed by atoms with E-state index in [9.17, 15) is 27.9 Å². The lowest BCUT2D eigenvalue weighted by atomic mass is 9.79. The second-order valence-electron chi connectivity index (χ2n) is 7.90. The summed E-state index contributed by atoms with van der Waals surface area (Å²) in [6.45, 7) is 2.30. The zero-order valence-electron chi connectivity index (χ0n) is 18.1. The van der Waals surface area contributed by atoms with Crippen LogP contribution in [0.25, 0.3) is 0 Å². The first kappa shape index (κ1) is 23.3. The lowest BCUT2D eigenvalue weighted by molar-refractivity contribution is -0.141. The molecule has 34 heavy (non-hydrogen) atoms. The van der Waals surface area contributed by atoms with Gasteiger partial charge in [0.2, 0.25) is 5.88 Å². The van der Waals surface area contributed by atoms with Crippen molar-refractivity contribution < 1.29 is 32.6 Å². The predicted octanol–water partition coefficient (Wildman–Crippen LogP) is 5.67. The third-order valence-corrected chi connectivity index (χ3v) is 5.68. The number of halogens is 3. The molecule has 1 N–H and O–H groups in total. The number of benzene rings is 2. The standard InChI is InChI=1S/C25H21F3N2O4/c1-2-13-30-22(21(24(32)33)18-5-3-4-6-19(18)23(30)31)15-7-10-17(11-8-15)34-20-12-9-16(14-29-20)25(26,27)28/h3-12,14,21-22H,2,13H2,1H3,(H,32,33)/t21-,22+/m1/s1. The smallest absolute Gasteiger partial charge is 0.417 e. The number of pyridine rings is 1. The van der Waals surface area contributed by atoms with Crippen LogP contribution in [0, 0.1) is 0 Å². The van der Waals surface area contributed by atoms with Crippen molar-refractivity contribution in [3.63, 3.8) is 0 Å². The van der Waals surface area contributed by atoms with Gasteiger partial charge in [0.1, 0.15) is 11.7 Å². The van der Waals surface area contributed by atoms with Crippen LogP contribution in [0.1, 0.15) is 52.4 Å². The first-order valence-corrected chi connectivity index (χ1v) is 10.6. The largest absolute Gasteiger partial charge is 0.481 e. The Bertz CT molecular complexity index is 1190. The molecule has 0 unspecified atom stereocenters. The molecule has 4 rings (SSSR count). The molecular weight excluding hydrogens is 449 g/mol.